The largest absolute Gasteiger partial charge is 0.352 e. The minimum atomic E-state index is -0.171. The van der Waals surface area contributed by atoms with Gasteiger partial charge in [-0.1, -0.05) is 22.0 Å². The SMILES string of the molecule is CC(C)NC(=O)CN(C)C(=O)c1cccc(Br)c1. The van der Waals surface area contributed by atoms with Crippen LogP contribution in [0.2, 0.25) is 0 Å². The molecule has 0 atom stereocenters. The summed E-state index contributed by atoms with van der Waals surface area (Å²) in [5.74, 6) is -0.328. The van der Waals surface area contributed by atoms with Crippen LogP contribution in [0.4, 0.5) is 0 Å². The number of benzene rings is 1. The van der Waals surface area contributed by atoms with Crippen LogP contribution in [0.15, 0.2) is 28.7 Å². The van der Waals surface area contributed by atoms with Gasteiger partial charge in [0.1, 0.15) is 0 Å². The van der Waals surface area contributed by atoms with Crippen molar-refractivity contribution in [2.24, 2.45) is 0 Å². The molecule has 1 rings (SSSR count). The van der Waals surface area contributed by atoms with E-state index in [1.165, 1.54) is 4.90 Å². The lowest BCUT2D eigenvalue weighted by Gasteiger charge is -2.18. The maximum Gasteiger partial charge on any atom is 0.254 e. The van der Waals surface area contributed by atoms with Crippen LogP contribution in [0.1, 0.15) is 24.2 Å². The molecule has 0 heterocycles. The maximum absolute atomic E-state index is 12.0. The van der Waals surface area contributed by atoms with Crippen LogP contribution >= 0.6 is 15.9 Å². The summed E-state index contributed by atoms with van der Waals surface area (Å²) in [4.78, 5) is 25.0. The monoisotopic (exact) mass is 312 g/mol. The highest BCUT2D eigenvalue weighted by atomic mass is 79.9. The van der Waals surface area contributed by atoms with Crippen molar-refractivity contribution in [2.45, 2.75) is 19.9 Å². The van der Waals surface area contributed by atoms with Crippen molar-refractivity contribution in [1.29, 1.82) is 0 Å². The Morgan fingerprint density at radius 1 is 1.39 bits per heavy atom. The van der Waals surface area contributed by atoms with Crippen molar-refractivity contribution in [3.05, 3.63) is 34.3 Å². The van der Waals surface area contributed by atoms with E-state index < -0.39 is 0 Å². The van der Waals surface area contributed by atoms with Gasteiger partial charge >= 0.3 is 0 Å². The predicted molar refractivity (Wildman–Crippen MR) is 74.4 cm³/mol. The van der Waals surface area contributed by atoms with Gasteiger partial charge in [-0.25, -0.2) is 0 Å². The van der Waals surface area contributed by atoms with Gasteiger partial charge in [-0.3, -0.25) is 9.59 Å². The second-order valence-electron chi connectivity index (χ2n) is 4.39. The average molecular weight is 313 g/mol. The Hall–Kier alpha value is -1.36. The lowest BCUT2D eigenvalue weighted by Crippen LogP contribution is -2.40. The molecule has 5 heteroatoms. The van der Waals surface area contributed by atoms with Crippen molar-refractivity contribution >= 4 is 27.7 Å². The van der Waals surface area contributed by atoms with E-state index in [9.17, 15) is 9.59 Å². The van der Waals surface area contributed by atoms with Gasteiger partial charge in [0.25, 0.3) is 5.91 Å². The molecular weight excluding hydrogens is 296 g/mol. The number of carbonyl (C=O) groups excluding carboxylic acids is 2. The molecule has 0 bridgehead atoms. The van der Waals surface area contributed by atoms with Gasteiger partial charge in [0, 0.05) is 23.1 Å². The molecule has 0 saturated carbocycles. The van der Waals surface area contributed by atoms with E-state index in [1.54, 1.807) is 25.2 Å². The lowest BCUT2D eigenvalue weighted by atomic mass is 10.2. The zero-order valence-corrected chi connectivity index (χ0v) is 12.3. The summed E-state index contributed by atoms with van der Waals surface area (Å²) in [6.45, 7) is 3.82. The predicted octanol–water partition coefficient (Wildman–Crippen LogP) is 2.05. The fourth-order valence-electron chi connectivity index (χ4n) is 1.50. The van der Waals surface area contributed by atoms with E-state index >= 15 is 0 Å². The molecule has 18 heavy (non-hydrogen) atoms. The molecule has 0 aliphatic rings. The van der Waals surface area contributed by atoms with Crippen molar-refractivity contribution in [1.82, 2.24) is 10.2 Å². The third-order valence-electron chi connectivity index (χ3n) is 2.25. The average Bonchev–Trinajstić information content (AvgIpc) is 2.26. The first-order valence-electron chi connectivity index (χ1n) is 5.70. The Morgan fingerprint density at radius 2 is 2.06 bits per heavy atom. The van der Waals surface area contributed by atoms with Crippen LogP contribution in [0, 0.1) is 0 Å². The number of carbonyl (C=O) groups is 2. The molecule has 0 aliphatic heterocycles. The second-order valence-corrected chi connectivity index (χ2v) is 5.31. The van der Waals surface area contributed by atoms with Gasteiger partial charge in [0.2, 0.25) is 5.91 Å². The van der Waals surface area contributed by atoms with E-state index in [1.807, 2.05) is 19.9 Å². The normalized spacial score (nSPS) is 10.3. The minimum Gasteiger partial charge on any atom is -0.352 e. The molecule has 1 aromatic carbocycles. The summed E-state index contributed by atoms with van der Waals surface area (Å²) in [6, 6.07) is 7.18. The quantitative estimate of drug-likeness (QED) is 0.925. The Kier molecular flexibility index (Phi) is 5.34. The number of hydrogen-bond donors (Lipinski definition) is 1. The van der Waals surface area contributed by atoms with E-state index in [0.29, 0.717) is 5.56 Å². The number of nitrogens with one attached hydrogen (secondary N) is 1. The number of nitrogens with zero attached hydrogens (tertiary/aromatic N) is 1. The Bertz CT molecular complexity index is 446. The third kappa shape index (κ3) is 4.49. The van der Waals surface area contributed by atoms with Crippen LogP contribution in [-0.2, 0) is 4.79 Å². The fourth-order valence-corrected chi connectivity index (χ4v) is 1.90. The molecule has 0 fully saturated rings. The van der Waals surface area contributed by atoms with E-state index in [-0.39, 0.29) is 24.4 Å². The molecule has 1 N–H and O–H groups in total. The highest BCUT2D eigenvalue weighted by molar-refractivity contribution is 9.10. The van der Waals surface area contributed by atoms with E-state index in [2.05, 4.69) is 21.2 Å². The topological polar surface area (TPSA) is 49.4 Å². The highest BCUT2D eigenvalue weighted by Gasteiger charge is 2.15. The summed E-state index contributed by atoms with van der Waals surface area (Å²) < 4.78 is 0.841. The first-order valence-corrected chi connectivity index (χ1v) is 6.50. The van der Waals surface area contributed by atoms with Crippen molar-refractivity contribution in [3.63, 3.8) is 0 Å². The second kappa shape index (κ2) is 6.54. The Labute approximate surface area is 115 Å². The van der Waals surface area contributed by atoms with Gasteiger partial charge in [-0.15, -0.1) is 0 Å². The summed E-state index contributed by atoms with van der Waals surface area (Å²) in [5.41, 5.74) is 0.559. The number of amides is 2. The molecule has 98 valence electrons. The summed E-state index contributed by atoms with van der Waals surface area (Å²) in [5, 5.41) is 2.75. The van der Waals surface area contributed by atoms with Crippen LogP contribution in [0.5, 0.6) is 0 Å². The van der Waals surface area contributed by atoms with Gasteiger partial charge < -0.3 is 10.2 Å². The number of likely N-dealkylation sites (N-methyl/N-ethyl adjacent to an activating group) is 1. The summed E-state index contributed by atoms with van der Waals surface area (Å²) in [7, 11) is 1.61. The molecule has 0 aliphatic carbocycles. The van der Waals surface area contributed by atoms with Gasteiger partial charge in [0.05, 0.1) is 6.54 Å². The number of rotatable bonds is 4. The van der Waals surface area contributed by atoms with Crippen molar-refractivity contribution in [3.8, 4) is 0 Å². The molecule has 0 saturated heterocycles. The van der Waals surface area contributed by atoms with Gasteiger partial charge in [-0.2, -0.15) is 0 Å². The van der Waals surface area contributed by atoms with Crippen LogP contribution in [-0.4, -0.2) is 36.3 Å². The standard InChI is InChI=1S/C13H17BrN2O2/c1-9(2)15-12(17)8-16(3)13(18)10-5-4-6-11(14)7-10/h4-7,9H,8H2,1-3H3,(H,15,17). The number of halogens is 1. The first kappa shape index (κ1) is 14.7. The molecule has 0 aromatic heterocycles. The van der Waals surface area contributed by atoms with Crippen LogP contribution in [0.25, 0.3) is 0 Å². The molecule has 0 unspecified atom stereocenters. The third-order valence-corrected chi connectivity index (χ3v) is 2.74. The van der Waals surface area contributed by atoms with Crippen LogP contribution in [0.3, 0.4) is 0 Å². The van der Waals surface area contributed by atoms with Crippen molar-refractivity contribution in [2.75, 3.05) is 13.6 Å². The van der Waals surface area contributed by atoms with E-state index in [0.717, 1.165) is 4.47 Å². The molecular formula is C13H17BrN2O2. The summed E-state index contributed by atoms with van der Waals surface area (Å²) >= 11 is 3.31. The molecule has 4 nitrogen and oxygen atoms in total. The first-order chi connectivity index (χ1) is 8.40. The molecule has 1 aromatic rings. The highest BCUT2D eigenvalue weighted by Crippen LogP contribution is 2.12. The zero-order valence-electron chi connectivity index (χ0n) is 10.7. The molecule has 0 spiro atoms. The molecule has 2 amide bonds. The van der Waals surface area contributed by atoms with E-state index in [4.69, 9.17) is 0 Å². The van der Waals surface area contributed by atoms with Gasteiger partial charge in [-0.05, 0) is 32.0 Å². The smallest absolute Gasteiger partial charge is 0.254 e. The fraction of sp³-hybridized carbons (Fsp3) is 0.385. The Morgan fingerprint density at radius 3 is 2.61 bits per heavy atom. The van der Waals surface area contributed by atoms with Crippen LogP contribution < -0.4 is 5.32 Å². The molecule has 0 radical (unpaired) electrons. The zero-order chi connectivity index (χ0) is 13.7. The van der Waals surface area contributed by atoms with Crippen molar-refractivity contribution < 1.29 is 9.59 Å². The minimum absolute atomic E-state index is 0.0591. The number of hydrogen-bond acceptors (Lipinski definition) is 2. The Balaban J connectivity index is 2.64. The summed E-state index contributed by atoms with van der Waals surface area (Å²) in [6.07, 6.45) is 0. The maximum atomic E-state index is 12.0. The lowest BCUT2D eigenvalue weighted by molar-refractivity contribution is -0.122. The van der Waals surface area contributed by atoms with Gasteiger partial charge in [0.15, 0.2) is 0 Å².